The number of rotatable bonds is 4. The molecule has 0 aromatic heterocycles. The van der Waals surface area contributed by atoms with Crippen LogP contribution in [0.3, 0.4) is 0 Å². The third kappa shape index (κ3) is 3.24. The molecule has 4 aliphatic carbocycles. The predicted molar refractivity (Wildman–Crippen MR) is 112 cm³/mol. The fourth-order valence-electron chi connectivity index (χ4n) is 8.86. The number of esters is 1. The van der Waals surface area contributed by atoms with Gasteiger partial charge in [0.2, 0.25) is 0 Å². The topological polar surface area (TPSA) is 46.5 Å². The van der Waals surface area contributed by atoms with E-state index in [0.717, 1.165) is 48.9 Å². The van der Waals surface area contributed by atoms with Crippen LogP contribution in [-0.2, 0) is 9.53 Å². The van der Waals surface area contributed by atoms with E-state index in [-0.39, 0.29) is 12.1 Å². The normalized spacial score (nSPS) is 48.9. The Morgan fingerprint density at radius 3 is 2.50 bits per heavy atom. The first-order valence-corrected chi connectivity index (χ1v) is 12.0. The van der Waals surface area contributed by atoms with Gasteiger partial charge in [0, 0.05) is 6.42 Å². The number of ether oxygens (including phenoxy) is 1. The van der Waals surface area contributed by atoms with Gasteiger partial charge in [-0.2, -0.15) is 0 Å². The van der Waals surface area contributed by atoms with Crippen LogP contribution in [0, 0.1) is 46.3 Å². The summed E-state index contributed by atoms with van der Waals surface area (Å²) in [7, 11) is 1.50. The molecule has 0 heterocycles. The highest BCUT2D eigenvalue weighted by atomic mass is 16.5. The highest BCUT2D eigenvalue weighted by molar-refractivity contribution is 5.69. The SMILES string of the molecule is COC(=O)CC[C@@H](C)[C@@H]1CC[C@@H]2[C@H]3CC[C@H]4C[C@@H](O)CC[C@]4(C)[C@@H]3CC[C@]21C. The Morgan fingerprint density at radius 1 is 1.04 bits per heavy atom. The highest BCUT2D eigenvalue weighted by Gasteiger charge is 2.60. The van der Waals surface area contributed by atoms with Crippen molar-refractivity contribution in [3.63, 3.8) is 0 Å². The molecule has 0 unspecified atom stereocenters. The summed E-state index contributed by atoms with van der Waals surface area (Å²) in [5.41, 5.74) is 0.937. The number of aliphatic hydroxyl groups excluding tert-OH is 1. The monoisotopic (exact) mass is 390 g/mol. The van der Waals surface area contributed by atoms with Gasteiger partial charge in [-0.05, 0) is 111 Å². The van der Waals surface area contributed by atoms with E-state index in [1.54, 1.807) is 0 Å². The predicted octanol–water partition coefficient (Wildman–Crippen LogP) is 5.60. The third-order valence-electron chi connectivity index (χ3n) is 10.4. The molecule has 3 nitrogen and oxygen atoms in total. The van der Waals surface area contributed by atoms with Crippen LogP contribution >= 0.6 is 0 Å². The number of hydrogen-bond acceptors (Lipinski definition) is 3. The lowest BCUT2D eigenvalue weighted by Crippen LogP contribution is -2.54. The molecule has 0 radical (unpaired) electrons. The zero-order chi connectivity index (χ0) is 20.1. The molecule has 0 saturated heterocycles. The summed E-state index contributed by atoms with van der Waals surface area (Å²) < 4.78 is 4.88. The number of aliphatic hydroxyl groups is 1. The third-order valence-corrected chi connectivity index (χ3v) is 10.4. The van der Waals surface area contributed by atoms with Crippen molar-refractivity contribution in [3.8, 4) is 0 Å². The molecule has 4 saturated carbocycles. The van der Waals surface area contributed by atoms with Crippen molar-refractivity contribution in [1.82, 2.24) is 0 Å². The van der Waals surface area contributed by atoms with E-state index in [1.165, 1.54) is 52.1 Å². The lowest BCUT2D eigenvalue weighted by Gasteiger charge is -2.61. The van der Waals surface area contributed by atoms with Gasteiger partial charge in [0.05, 0.1) is 13.2 Å². The fourth-order valence-corrected chi connectivity index (χ4v) is 8.86. The molecule has 1 N–H and O–H groups in total. The number of carbonyl (C=O) groups is 1. The van der Waals surface area contributed by atoms with Gasteiger partial charge in [0.15, 0.2) is 0 Å². The first-order chi connectivity index (χ1) is 13.3. The van der Waals surface area contributed by atoms with Crippen LogP contribution in [0.4, 0.5) is 0 Å². The van der Waals surface area contributed by atoms with E-state index in [4.69, 9.17) is 4.74 Å². The van der Waals surface area contributed by atoms with Crippen LogP contribution in [0.5, 0.6) is 0 Å². The maximum Gasteiger partial charge on any atom is 0.305 e. The van der Waals surface area contributed by atoms with Crippen LogP contribution in [0.2, 0.25) is 0 Å². The fraction of sp³-hybridized carbons (Fsp3) is 0.960. The average Bonchev–Trinajstić information content (AvgIpc) is 3.03. The smallest absolute Gasteiger partial charge is 0.305 e. The van der Waals surface area contributed by atoms with Crippen LogP contribution in [-0.4, -0.2) is 24.3 Å². The van der Waals surface area contributed by atoms with Crippen molar-refractivity contribution in [2.75, 3.05) is 7.11 Å². The van der Waals surface area contributed by atoms with Gasteiger partial charge in [-0.25, -0.2) is 0 Å². The minimum Gasteiger partial charge on any atom is -0.469 e. The second kappa shape index (κ2) is 7.60. The van der Waals surface area contributed by atoms with Gasteiger partial charge in [-0.15, -0.1) is 0 Å². The molecule has 3 heteroatoms. The van der Waals surface area contributed by atoms with Gasteiger partial charge in [0.25, 0.3) is 0 Å². The molecule has 160 valence electrons. The Labute approximate surface area is 172 Å². The van der Waals surface area contributed by atoms with Crippen LogP contribution in [0.1, 0.15) is 91.4 Å². The molecule has 4 fully saturated rings. The number of fused-ring (bicyclic) bond motifs is 5. The lowest BCUT2D eigenvalue weighted by atomic mass is 9.44. The molecule has 0 amide bonds. The van der Waals surface area contributed by atoms with Crippen molar-refractivity contribution >= 4 is 5.97 Å². The molecule has 28 heavy (non-hydrogen) atoms. The van der Waals surface area contributed by atoms with Crippen molar-refractivity contribution in [3.05, 3.63) is 0 Å². The van der Waals surface area contributed by atoms with E-state index in [1.807, 2.05) is 0 Å². The Morgan fingerprint density at radius 2 is 1.75 bits per heavy atom. The molecule has 4 aliphatic rings. The van der Waals surface area contributed by atoms with Gasteiger partial charge >= 0.3 is 5.97 Å². The summed E-state index contributed by atoms with van der Waals surface area (Å²) in [6.07, 6.45) is 13.1. The van der Waals surface area contributed by atoms with Gasteiger partial charge < -0.3 is 9.84 Å². The lowest BCUT2D eigenvalue weighted by molar-refractivity contribution is -0.141. The minimum absolute atomic E-state index is 0.0463. The standard InChI is InChI=1S/C25H42O3/c1-16(5-10-23(27)28-4)20-8-9-21-19-7-6-17-15-18(26)11-13-24(17,2)22(19)12-14-25(20,21)3/h16-22,26H,5-15H2,1-4H3/t16-,17+,18+,19-,20+,21-,22-,24+,25+/m1/s1. The summed E-state index contributed by atoms with van der Waals surface area (Å²) in [6.45, 7) is 7.56. The maximum atomic E-state index is 11.6. The Balaban J connectivity index is 1.48. The summed E-state index contributed by atoms with van der Waals surface area (Å²) in [5.74, 6) is 4.72. The summed E-state index contributed by atoms with van der Waals surface area (Å²) in [6, 6.07) is 0. The van der Waals surface area contributed by atoms with Gasteiger partial charge in [-0.1, -0.05) is 20.8 Å². The zero-order valence-corrected chi connectivity index (χ0v) is 18.6. The summed E-state index contributed by atoms with van der Waals surface area (Å²) in [5, 5.41) is 10.2. The average molecular weight is 391 g/mol. The summed E-state index contributed by atoms with van der Waals surface area (Å²) in [4.78, 5) is 11.6. The number of carbonyl (C=O) groups excluding carboxylic acids is 1. The minimum atomic E-state index is -0.0546. The Kier molecular flexibility index (Phi) is 5.61. The van der Waals surface area contributed by atoms with E-state index >= 15 is 0 Å². The van der Waals surface area contributed by atoms with Gasteiger partial charge in [0.1, 0.15) is 0 Å². The molecular weight excluding hydrogens is 348 g/mol. The molecule has 0 aromatic rings. The molecule has 9 atom stereocenters. The largest absolute Gasteiger partial charge is 0.469 e. The first-order valence-electron chi connectivity index (χ1n) is 12.0. The van der Waals surface area contributed by atoms with E-state index < -0.39 is 0 Å². The number of hydrogen-bond donors (Lipinski definition) is 1. The number of methoxy groups -OCH3 is 1. The van der Waals surface area contributed by atoms with E-state index in [9.17, 15) is 9.90 Å². The van der Waals surface area contributed by atoms with Crippen molar-refractivity contribution in [2.45, 2.75) is 97.5 Å². The van der Waals surface area contributed by atoms with Crippen molar-refractivity contribution in [2.24, 2.45) is 46.3 Å². The second-order valence-corrected chi connectivity index (χ2v) is 11.4. The first kappa shape index (κ1) is 20.7. The zero-order valence-electron chi connectivity index (χ0n) is 18.6. The van der Waals surface area contributed by atoms with E-state index in [2.05, 4.69) is 20.8 Å². The second-order valence-electron chi connectivity index (χ2n) is 11.4. The Hall–Kier alpha value is -0.570. The molecule has 0 aliphatic heterocycles. The van der Waals surface area contributed by atoms with Crippen molar-refractivity contribution < 1.29 is 14.6 Å². The molecule has 0 spiro atoms. The Bertz CT molecular complexity index is 588. The van der Waals surface area contributed by atoms with Crippen LogP contribution in [0.15, 0.2) is 0 Å². The quantitative estimate of drug-likeness (QED) is 0.636. The van der Waals surface area contributed by atoms with Gasteiger partial charge in [-0.3, -0.25) is 4.79 Å². The maximum absolute atomic E-state index is 11.6. The molecular formula is C25H42O3. The molecule has 0 bridgehead atoms. The van der Waals surface area contributed by atoms with Crippen LogP contribution in [0.25, 0.3) is 0 Å². The molecule has 4 rings (SSSR count). The summed E-state index contributed by atoms with van der Waals surface area (Å²) >= 11 is 0. The van der Waals surface area contributed by atoms with Crippen LogP contribution < -0.4 is 0 Å². The molecule has 0 aromatic carbocycles. The van der Waals surface area contributed by atoms with E-state index in [0.29, 0.717) is 23.2 Å². The van der Waals surface area contributed by atoms with Crippen molar-refractivity contribution in [1.29, 1.82) is 0 Å². The highest BCUT2D eigenvalue weighted by Crippen LogP contribution is 2.68.